The molecule has 0 spiro atoms. The van der Waals surface area contributed by atoms with E-state index in [4.69, 9.17) is 9.47 Å². The predicted molar refractivity (Wildman–Crippen MR) is 68.1 cm³/mol. The summed E-state index contributed by atoms with van der Waals surface area (Å²) in [6, 6.07) is 2.65. The maximum atomic E-state index is 13.6. The van der Waals surface area contributed by atoms with Gasteiger partial charge in [0, 0.05) is 12.5 Å². The van der Waals surface area contributed by atoms with Crippen molar-refractivity contribution in [1.82, 2.24) is 5.32 Å². The van der Waals surface area contributed by atoms with E-state index in [1.165, 1.54) is 6.07 Å². The maximum absolute atomic E-state index is 13.6. The Kier molecular flexibility index (Phi) is 5.18. The average Bonchev–Trinajstić information content (AvgIpc) is 2.89. The molecular formula is C14H17F4NO2. The molecule has 0 bridgehead atoms. The highest BCUT2D eigenvalue weighted by Gasteiger charge is 2.34. The number of rotatable bonds is 5. The lowest BCUT2D eigenvalue weighted by molar-refractivity contribution is -0.140. The third-order valence-corrected chi connectivity index (χ3v) is 3.27. The minimum Gasteiger partial charge on any atom is -0.350 e. The Morgan fingerprint density at radius 1 is 1.29 bits per heavy atom. The molecule has 0 aromatic heterocycles. The van der Waals surface area contributed by atoms with Gasteiger partial charge < -0.3 is 14.8 Å². The van der Waals surface area contributed by atoms with Crippen LogP contribution in [0.2, 0.25) is 0 Å². The van der Waals surface area contributed by atoms with Gasteiger partial charge in [0.15, 0.2) is 6.29 Å². The van der Waals surface area contributed by atoms with E-state index in [2.05, 4.69) is 5.32 Å². The van der Waals surface area contributed by atoms with Gasteiger partial charge in [-0.25, -0.2) is 4.39 Å². The molecule has 0 aliphatic carbocycles. The van der Waals surface area contributed by atoms with E-state index in [0.717, 1.165) is 12.1 Å². The molecule has 1 aliphatic rings. The fraction of sp³-hybridized carbons (Fsp3) is 0.571. The highest BCUT2D eigenvalue weighted by Crippen LogP contribution is 2.33. The third-order valence-electron chi connectivity index (χ3n) is 3.27. The molecule has 0 radical (unpaired) electrons. The average molecular weight is 307 g/mol. The van der Waals surface area contributed by atoms with Crippen molar-refractivity contribution in [3.63, 3.8) is 0 Å². The second-order valence-corrected chi connectivity index (χ2v) is 4.75. The van der Waals surface area contributed by atoms with E-state index in [9.17, 15) is 17.6 Å². The summed E-state index contributed by atoms with van der Waals surface area (Å²) in [4.78, 5) is 0. The van der Waals surface area contributed by atoms with Crippen molar-refractivity contribution in [2.75, 3.05) is 19.8 Å². The quantitative estimate of drug-likeness (QED) is 0.847. The topological polar surface area (TPSA) is 30.5 Å². The van der Waals surface area contributed by atoms with Crippen molar-refractivity contribution in [3.05, 3.63) is 35.1 Å². The van der Waals surface area contributed by atoms with E-state index in [-0.39, 0.29) is 6.04 Å². The monoisotopic (exact) mass is 307 g/mol. The zero-order chi connectivity index (χ0) is 15.5. The largest absolute Gasteiger partial charge is 0.419 e. The van der Waals surface area contributed by atoms with Crippen molar-refractivity contribution in [2.45, 2.75) is 31.9 Å². The van der Waals surface area contributed by atoms with Crippen molar-refractivity contribution in [2.24, 2.45) is 0 Å². The summed E-state index contributed by atoms with van der Waals surface area (Å²) in [5, 5.41) is 3.10. The highest BCUT2D eigenvalue weighted by atomic mass is 19.4. The number of benzene rings is 1. The minimum absolute atomic E-state index is 0.324. The summed E-state index contributed by atoms with van der Waals surface area (Å²) in [6.07, 6.45) is -4.69. The normalized spacial score (nSPS) is 18.1. The molecule has 0 amide bonds. The summed E-state index contributed by atoms with van der Waals surface area (Å²) in [7, 11) is 0. The van der Waals surface area contributed by atoms with Crippen LogP contribution in [0.25, 0.3) is 0 Å². The van der Waals surface area contributed by atoms with Crippen LogP contribution in [0.1, 0.15) is 30.5 Å². The van der Waals surface area contributed by atoms with Gasteiger partial charge in [0.05, 0.1) is 18.8 Å². The molecule has 21 heavy (non-hydrogen) atoms. The standard InChI is InChI=1S/C14H17F4NO2/c1-2-19-12(8-13-20-5-6-21-13)9-3-4-10(11(15)7-9)14(16,17)18/h3-4,7,12-13,19H,2,5-6,8H2,1H3. The molecule has 1 aliphatic heterocycles. The van der Waals surface area contributed by atoms with Crippen LogP contribution in [-0.4, -0.2) is 26.0 Å². The van der Waals surface area contributed by atoms with Gasteiger partial charge in [0.2, 0.25) is 0 Å². The van der Waals surface area contributed by atoms with Gasteiger partial charge in [-0.2, -0.15) is 13.2 Å². The second kappa shape index (κ2) is 6.72. The predicted octanol–water partition coefficient (Wildman–Crippen LogP) is 3.26. The Morgan fingerprint density at radius 2 is 1.95 bits per heavy atom. The van der Waals surface area contributed by atoms with E-state index >= 15 is 0 Å². The zero-order valence-electron chi connectivity index (χ0n) is 11.5. The van der Waals surface area contributed by atoms with Crippen molar-refractivity contribution in [1.29, 1.82) is 0 Å². The van der Waals surface area contributed by atoms with E-state index < -0.39 is 23.8 Å². The van der Waals surface area contributed by atoms with Gasteiger partial charge in [-0.3, -0.25) is 0 Å². The van der Waals surface area contributed by atoms with Crippen LogP contribution < -0.4 is 5.32 Å². The van der Waals surface area contributed by atoms with Crippen LogP contribution in [0.3, 0.4) is 0 Å². The Labute approximate surface area is 120 Å². The van der Waals surface area contributed by atoms with Crippen molar-refractivity contribution < 1.29 is 27.0 Å². The smallest absolute Gasteiger partial charge is 0.350 e. The van der Waals surface area contributed by atoms with E-state index in [1.807, 2.05) is 6.92 Å². The second-order valence-electron chi connectivity index (χ2n) is 4.75. The van der Waals surface area contributed by atoms with Gasteiger partial charge in [-0.1, -0.05) is 13.0 Å². The van der Waals surface area contributed by atoms with Crippen LogP contribution in [0.4, 0.5) is 17.6 Å². The van der Waals surface area contributed by atoms with Gasteiger partial charge in [0.1, 0.15) is 5.82 Å². The van der Waals surface area contributed by atoms with Crippen LogP contribution in [0.5, 0.6) is 0 Å². The third kappa shape index (κ3) is 4.15. The summed E-state index contributed by atoms with van der Waals surface area (Å²) in [5.74, 6) is -1.27. The van der Waals surface area contributed by atoms with E-state index in [1.54, 1.807) is 0 Å². The molecule has 1 fully saturated rings. The number of ether oxygens (including phenoxy) is 2. The summed E-state index contributed by atoms with van der Waals surface area (Å²) in [5.41, 5.74) is -0.809. The number of halogens is 4. The molecule has 1 heterocycles. The van der Waals surface area contributed by atoms with Gasteiger partial charge in [0.25, 0.3) is 0 Å². The SMILES string of the molecule is CCNC(CC1OCCO1)c1ccc(C(F)(F)F)c(F)c1. The van der Waals surface area contributed by atoms with Gasteiger partial charge in [-0.15, -0.1) is 0 Å². The Morgan fingerprint density at radius 3 is 2.48 bits per heavy atom. The lowest BCUT2D eigenvalue weighted by Crippen LogP contribution is -2.26. The van der Waals surface area contributed by atoms with Crippen LogP contribution in [-0.2, 0) is 15.7 Å². The number of hydrogen-bond acceptors (Lipinski definition) is 3. The first-order valence-electron chi connectivity index (χ1n) is 6.75. The molecule has 7 heteroatoms. The first-order valence-corrected chi connectivity index (χ1v) is 6.75. The number of hydrogen-bond donors (Lipinski definition) is 1. The van der Waals surface area contributed by atoms with E-state index in [0.29, 0.717) is 31.7 Å². The maximum Gasteiger partial charge on any atom is 0.419 e. The molecule has 1 N–H and O–H groups in total. The fourth-order valence-electron chi connectivity index (χ4n) is 2.30. The molecule has 0 saturated carbocycles. The lowest BCUT2D eigenvalue weighted by atomic mass is 10.0. The lowest BCUT2D eigenvalue weighted by Gasteiger charge is -2.22. The van der Waals surface area contributed by atoms with Crippen LogP contribution in [0, 0.1) is 5.82 Å². The summed E-state index contributed by atoms with van der Waals surface area (Å²) in [6.45, 7) is 3.44. The van der Waals surface area contributed by atoms with Crippen molar-refractivity contribution >= 4 is 0 Å². The first-order chi connectivity index (χ1) is 9.91. The molecule has 1 aromatic carbocycles. The summed E-state index contributed by atoms with van der Waals surface area (Å²) >= 11 is 0. The molecule has 118 valence electrons. The van der Waals surface area contributed by atoms with Crippen LogP contribution in [0.15, 0.2) is 18.2 Å². The number of alkyl halides is 3. The van der Waals surface area contributed by atoms with Crippen molar-refractivity contribution in [3.8, 4) is 0 Å². The Balaban J connectivity index is 2.17. The molecule has 3 nitrogen and oxygen atoms in total. The summed E-state index contributed by atoms with van der Waals surface area (Å²) < 4.78 is 62.0. The molecule has 1 atom stereocenters. The molecule has 1 aromatic rings. The molecule has 1 unspecified atom stereocenters. The minimum atomic E-state index is -4.69. The zero-order valence-corrected chi connectivity index (χ0v) is 11.5. The van der Waals surface area contributed by atoms with Gasteiger partial charge in [-0.05, 0) is 24.2 Å². The molecular weight excluding hydrogens is 290 g/mol. The molecule has 2 rings (SSSR count). The Bertz CT molecular complexity index is 473. The van der Waals surface area contributed by atoms with Gasteiger partial charge >= 0.3 is 6.18 Å². The van der Waals surface area contributed by atoms with Crippen LogP contribution >= 0.6 is 0 Å². The highest BCUT2D eigenvalue weighted by molar-refractivity contribution is 5.28. The first kappa shape index (κ1) is 16.2. The fourth-order valence-corrected chi connectivity index (χ4v) is 2.30. The Hall–Kier alpha value is -1.18. The number of nitrogens with one attached hydrogen (secondary N) is 1. The molecule has 1 saturated heterocycles.